The number of fused-ring (bicyclic) bond motifs is 5. The van der Waals surface area contributed by atoms with Crippen molar-refractivity contribution in [1.82, 2.24) is 0 Å². The van der Waals surface area contributed by atoms with Crippen LogP contribution in [0.5, 0.6) is 0 Å². The Bertz CT molecular complexity index is 591. The summed E-state index contributed by atoms with van der Waals surface area (Å²) in [4.78, 5) is 0. The van der Waals surface area contributed by atoms with Gasteiger partial charge in [-0.25, -0.2) is 0 Å². The van der Waals surface area contributed by atoms with E-state index in [1.54, 1.807) is 5.57 Å². The minimum atomic E-state index is -0.0766. The molecule has 4 aliphatic carbocycles. The first-order chi connectivity index (χ1) is 13.3. The number of hydrogen-bond donors (Lipinski definition) is 1. The van der Waals surface area contributed by atoms with Crippen molar-refractivity contribution in [3.8, 4) is 0 Å². The number of aliphatic hydroxyl groups is 1. The third-order valence-electron chi connectivity index (χ3n) is 10.3. The highest BCUT2D eigenvalue weighted by Gasteiger charge is 2.59. The minimum absolute atomic E-state index is 0.0766. The van der Waals surface area contributed by atoms with Crippen LogP contribution in [-0.2, 0) is 0 Å². The van der Waals surface area contributed by atoms with Gasteiger partial charge < -0.3 is 5.11 Å². The van der Waals surface area contributed by atoms with Gasteiger partial charge in [-0.15, -0.1) is 0 Å². The summed E-state index contributed by atoms with van der Waals surface area (Å²) in [5, 5.41) is 10.2. The zero-order chi connectivity index (χ0) is 20.1. The molecule has 1 unspecified atom stereocenters. The molecule has 1 N–H and O–H groups in total. The Balaban J connectivity index is 1.49. The van der Waals surface area contributed by atoms with Crippen molar-refractivity contribution in [1.29, 1.82) is 0 Å². The molecule has 4 aliphatic rings. The zero-order valence-corrected chi connectivity index (χ0v) is 19.3. The van der Waals surface area contributed by atoms with E-state index in [2.05, 4.69) is 40.7 Å². The summed E-state index contributed by atoms with van der Waals surface area (Å²) in [5.74, 6) is 5.46. The Morgan fingerprint density at radius 1 is 1.00 bits per heavy atom. The topological polar surface area (TPSA) is 20.2 Å². The summed E-state index contributed by atoms with van der Waals surface area (Å²) >= 11 is 0. The number of aliphatic hydroxyl groups excluding tert-OH is 1. The first-order valence-electron chi connectivity index (χ1n) is 12.6. The predicted octanol–water partition coefficient (Wildman–Crippen LogP) is 7.39. The van der Waals surface area contributed by atoms with E-state index in [9.17, 15) is 5.11 Å². The number of rotatable bonds is 5. The summed E-state index contributed by atoms with van der Waals surface area (Å²) < 4.78 is 0. The predicted molar refractivity (Wildman–Crippen MR) is 119 cm³/mol. The van der Waals surface area contributed by atoms with Gasteiger partial charge in [0.05, 0.1) is 6.10 Å². The third-order valence-corrected chi connectivity index (χ3v) is 10.3. The minimum Gasteiger partial charge on any atom is -0.393 e. The van der Waals surface area contributed by atoms with Crippen molar-refractivity contribution in [2.24, 2.45) is 46.3 Å². The molecular weight excluding hydrogens is 340 g/mol. The van der Waals surface area contributed by atoms with Crippen molar-refractivity contribution in [3.05, 3.63) is 11.6 Å². The summed E-state index contributed by atoms with van der Waals surface area (Å²) in [6.45, 7) is 12.6. The second kappa shape index (κ2) is 7.75. The lowest BCUT2D eigenvalue weighted by Gasteiger charge is -2.58. The van der Waals surface area contributed by atoms with Crippen molar-refractivity contribution in [3.63, 3.8) is 0 Å². The molecular formula is C27H46O. The molecule has 0 aromatic carbocycles. The number of hydrogen-bond acceptors (Lipinski definition) is 1. The van der Waals surface area contributed by atoms with Crippen molar-refractivity contribution in [2.75, 3.05) is 0 Å². The molecule has 1 heteroatoms. The van der Waals surface area contributed by atoms with Gasteiger partial charge in [0.25, 0.3) is 0 Å². The van der Waals surface area contributed by atoms with Crippen molar-refractivity contribution < 1.29 is 5.11 Å². The maximum Gasteiger partial charge on any atom is 0.0577 e. The first kappa shape index (κ1) is 21.0. The fourth-order valence-corrected chi connectivity index (χ4v) is 8.67. The van der Waals surface area contributed by atoms with Crippen LogP contribution in [0.2, 0.25) is 0 Å². The van der Waals surface area contributed by atoms with Crippen LogP contribution in [0.1, 0.15) is 105 Å². The van der Waals surface area contributed by atoms with Gasteiger partial charge in [0.2, 0.25) is 0 Å². The lowest BCUT2D eigenvalue weighted by atomic mass is 9.47. The Kier molecular flexibility index (Phi) is 5.80. The molecule has 0 saturated heterocycles. The first-order valence-corrected chi connectivity index (χ1v) is 12.6. The van der Waals surface area contributed by atoms with Crippen LogP contribution in [0, 0.1) is 46.3 Å². The molecule has 0 aromatic rings. The molecule has 0 amide bonds. The van der Waals surface area contributed by atoms with Crippen LogP contribution in [0.3, 0.4) is 0 Å². The van der Waals surface area contributed by atoms with Crippen molar-refractivity contribution in [2.45, 2.75) is 111 Å². The van der Waals surface area contributed by atoms with E-state index in [0.29, 0.717) is 10.8 Å². The zero-order valence-electron chi connectivity index (χ0n) is 19.3. The van der Waals surface area contributed by atoms with E-state index in [-0.39, 0.29) is 6.10 Å². The van der Waals surface area contributed by atoms with Crippen LogP contribution in [0.15, 0.2) is 11.6 Å². The van der Waals surface area contributed by atoms with Gasteiger partial charge >= 0.3 is 0 Å². The maximum absolute atomic E-state index is 10.2. The van der Waals surface area contributed by atoms with Crippen LogP contribution in [0.4, 0.5) is 0 Å². The quantitative estimate of drug-likeness (QED) is 0.488. The largest absolute Gasteiger partial charge is 0.393 e. The molecule has 160 valence electrons. The highest BCUT2D eigenvalue weighted by molar-refractivity contribution is 5.25. The van der Waals surface area contributed by atoms with Gasteiger partial charge in [-0.05, 0) is 97.7 Å². The van der Waals surface area contributed by atoms with E-state index in [0.717, 1.165) is 48.3 Å². The summed E-state index contributed by atoms with van der Waals surface area (Å²) in [7, 11) is 0. The molecule has 1 nitrogen and oxygen atoms in total. The molecule has 0 radical (unpaired) electrons. The van der Waals surface area contributed by atoms with E-state index >= 15 is 0 Å². The molecule has 0 aromatic heterocycles. The number of allylic oxidation sites excluding steroid dienone is 1. The Hall–Kier alpha value is -0.300. The smallest absolute Gasteiger partial charge is 0.0577 e. The van der Waals surface area contributed by atoms with Crippen molar-refractivity contribution >= 4 is 0 Å². The average molecular weight is 387 g/mol. The van der Waals surface area contributed by atoms with Gasteiger partial charge in [0.1, 0.15) is 0 Å². The monoisotopic (exact) mass is 386 g/mol. The molecule has 0 spiro atoms. The standard InChI is InChI=1S/C27H46O/c1-18(2)7-6-8-19(3)23-11-12-24-22-10-9-20-17-21(28)13-15-26(20,4)25(22)14-16-27(23,24)5/h9,18-19,21-25,28H,6-8,10-17H2,1-5H3/t19-,21+,22+,23-,24?,25+,26+,27-/m0/s1. The Morgan fingerprint density at radius 3 is 2.54 bits per heavy atom. The second-order valence-corrected chi connectivity index (χ2v) is 12.2. The third kappa shape index (κ3) is 3.42. The molecule has 28 heavy (non-hydrogen) atoms. The van der Waals surface area contributed by atoms with Gasteiger partial charge in [-0.2, -0.15) is 0 Å². The molecule has 4 rings (SSSR count). The van der Waals surface area contributed by atoms with E-state index in [4.69, 9.17) is 0 Å². The second-order valence-electron chi connectivity index (χ2n) is 12.2. The van der Waals surface area contributed by atoms with Crippen LogP contribution in [0.25, 0.3) is 0 Å². The molecule has 0 bridgehead atoms. The molecule has 8 atom stereocenters. The highest BCUT2D eigenvalue weighted by atomic mass is 16.3. The van der Waals surface area contributed by atoms with E-state index < -0.39 is 0 Å². The average Bonchev–Trinajstić information content (AvgIpc) is 2.99. The van der Waals surface area contributed by atoms with Crippen LogP contribution in [-0.4, -0.2) is 11.2 Å². The van der Waals surface area contributed by atoms with Gasteiger partial charge in [-0.1, -0.05) is 65.5 Å². The Morgan fingerprint density at radius 2 is 1.79 bits per heavy atom. The fraction of sp³-hybridized carbons (Fsp3) is 0.926. The molecule has 3 fully saturated rings. The maximum atomic E-state index is 10.2. The van der Waals surface area contributed by atoms with Gasteiger partial charge in [0.15, 0.2) is 0 Å². The fourth-order valence-electron chi connectivity index (χ4n) is 8.67. The summed E-state index contributed by atoms with van der Waals surface area (Å²) in [6, 6.07) is 0. The molecule has 3 saturated carbocycles. The van der Waals surface area contributed by atoms with Crippen LogP contribution >= 0.6 is 0 Å². The van der Waals surface area contributed by atoms with Gasteiger partial charge in [0, 0.05) is 0 Å². The SMILES string of the molecule is CC(C)CCC[C@H](C)[C@@H]1CCC2[C@H]3CC=C4C[C@H](O)CC[C@@]4(C)[C@@H]3CC[C@]21C. The molecule has 0 heterocycles. The molecule has 0 aliphatic heterocycles. The lowest BCUT2D eigenvalue weighted by Crippen LogP contribution is -2.50. The Labute approximate surface area is 174 Å². The lowest BCUT2D eigenvalue weighted by molar-refractivity contribution is -0.0573. The van der Waals surface area contributed by atoms with Crippen LogP contribution < -0.4 is 0 Å². The summed E-state index contributed by atoms with van der Waals surface area (Å²) in [5.41, 5.74) is 2.60. The summed E-state index contributed by atoms with van der Waals surface area (Å²) in [6.07, 6.45) is 17.2. The van der Waals surface area contributed by atoms with Gasteiger partial charge in [-0.3, -0.25) is 0 Å². The van der Waals surface area contributed by atoms with E-state index in [1.807, 2.05) is 0 Å². The normalized spacial score (nSPS) is 46.5. The van der Waals surface area contributed by atoms with E-state index in [1.165, 1.54) is 57.8 Å². The highest BCUT2D eigenvalue weighted by Crippen LogP contribution is 2.67.